The molecular formula is C16H22N2O2. The second-order valence-corrected chi connectivity index (χ2v) is 5.37. The Bertz CT molecular complexity index is 486. The third kappa shape index (κ3) is 2.24. The van der Waals surface area contributed by atoms with E-state index in [1.807, 2.05) is 44.2 Å². The fraction of sp³-hybridized carbons (Fsp3) is 0.500. The topological polar surface area (TPSA) is 63.4 Å². The number of amides is 2. The molecule has 20 heavy (non-hydrogen) atoms. The smallest absolute Gasteiger partial charge is 0.237 e. The van der Waals surface area contributed by atoms with Crippen molar-refractivity contribution in [2.24, 2.45) is 5.73 Å². The third-order valence-electron chi connectivity index (χ3n) is 4.52. The van der Waals surface area contributed by atoms with Gasteiger partial charge in [0.05, 0.1) is 11.5 Å². The van der Waals surface area contributed by atoms with Crippen molar-refractivity contribution in [1.29, 1.82) is 0 Å². The van der Waals surface area contributed by atoms with Gasteiger partial charge in [-0.3, -0.25) is 14.5 Å². The highest BCUT2D eigenvalue weighted by Gasteiger charge is 2.48. The summed E-state index contributed by atoms with van der Waals surface area (Å²) >= 11 is 0. The number of likely N-dealkylation sites (tertiary alicyclic amines) is 1. The molecule has 1 fully saturated rings. The number of benzene rings is 1. The normalized spacial score (nSPS) is 19.8. The van der Waals surface area contributed by atoms with E-state index in [0.717, 1.165) is 5.56 Å². The number of nitrogens with zero attached hydrogens (tertiary/aromatic N) is 1. The predicted octanol–water partition coefficient (Wildman–Crippen LogP) is 2.05. The van der Waals surface area contributed by atoms with E-state index in [1.54, 1.807) is 0 Å². The van der Waals surface area contributed by atoms with Gasteiger partial charge in [0.2, 0.25) is 11.8 Å². The van der Waals surface area contributed by atoms with E-state index in [1.165, 1.54) is 4.90 Å². The van der Waals surface area contributed by atoms with Crippen molar-refractivity contribution in [3.8, 4) is 0 Å². The van der Waals surface area contributed by atoms with Crippen molar-refractivity contribution in [2.45, 2.75) is 44.6 Å². The van der Waals surface area contributed by atoms with Gasteiger partial charge in [0.15, 0.2) is 0 Å². The summed E-state index contributed by atoms with van der Waals surface area (Å²) < 4.78 is 0. The highest BCUT2D eigenvalue weighted by Crippen LogP contribution is 2.36. The van der Waals surface area contributed by atoms with Crippen molar-refractivity contribution in [1.82, 2.24) is 4.90 Å². The van der Waals surface area contributed by atoms with E-state index in [4.69, 9.17) is 5.73 Å². The minimum atomic E-state index is -0.530. The van der Waals surface area contributed by atoms with E-state index in [2.05, 4.69) is 0 Å². The largest absolute Gasteiger partial charge is 0.328 e. The molecule has 1 aromatic carbocycles. The number of nitrogens with two attached hydrogens (primary N) is 1. The van der Waals surface area contributed by atoms with E-state index in [9.17, 15) is 9.59 Å². The highest BCUT2D eigenvalue weighted by atomic mass is 16.2. The lowest BCUT2D eigenvalue weighted by Crippen LogP contribution is -2.55. The number of carbonyl (C=O) groups excluding carboxylic acids is 2. The second kappa shape index (κ2) is 5.75. The van der Waals surface area contributed by atoms with Crippen LogP contribution in [0.4, 0.5) is 0 Å². The molecule has 0 spiro atoms. The van der Waals surface area contributed by atoms with Gasteiger partial charge in [0.1, 0.15) is 0 Å². The van der Waals surface area contributed by atoms with Crippen molar-refractivity contribution in [3.05, 3.63) is 35.9 Å². The molecule has 1 aliphatic heterocycles. The van der Waals surface area contributed by atoms with Crippen LogP contribution in [0.5, 0.6) is 0 Å². The summed E-state index contributed by atoms with van der Waals surface area (Å²) in [6.45, 7) is 4.28. The first kappa shape index (κ1) is 14.7. The summed E-state index contributed by atoms with van der Waals surface area (Å²) in [4.78, 5) is 26.5. The van der Waals surface area contributed by atoms with Gasteiger partial charge in [-0.2, -0.15) is 0 Å². The number of rotatable bonds is 5. The quantitative estimate of drug-likeness (QED) is 0.836. The molecule has 108 valence electrons. The SMILES string of the molecule is CCC(CC)(CN)N1C(=O)CC(c2ccccc2)C1=O. The molecule has 2 rings (SSSR count). The van der Waals surface area contributed by atoms with Gasteiger partial charge in [0, 0.05) is 13.0 Å². The molecule has 4 nitrogen and oxygen atoms in total. The fourth-order valence-electron chi connectivity index (χ4n) is 3.02. The van der Waals surface area contributed by atoms with Crippen molar-refractivity contribution in [2.75, 3.05) is 6.54 Å². The summed E-state index contributed by atoms with van der Waals surface area (Å²) in [5.41, 5.74) is 6.25. The van der Waals surface area contributed by atoms with Crippen LogP contribution >= 0.6 is 0 Å². The number of hydrogen-bond donors (Lipinski definition) is 1. The number of hydrogen-bond acceptors (Lipinski definition) is 3. The van der Waals surface area contributed by atoms with Crippen LogP contribution in [0.15, 0.2) is 30.3 Å². The Morgan fingerprint density at radius 3 is 2.30 bits per heavy atom. The van der Waals surface area contributed by atoms with Crippen LogP contribution in [0.2, 0.25) is 0 Å². The Kier molecular flexibility index (Phi) is 4.23. The standard InChI is InChI=1S/C16H22N2O2/c1-3-16(4-2,11-17)18-14(19)10-13(15(18)20)12-8-6-5-7-9-12/h5-9,13H,3-4,10-11,17H2,1-2H3. The summed E-state index contributed by atoms with van der Waals surface area (Å²) in [6, 6.07) is 9.50. The van der Waals surface area contributed by atoms with Crippen LogP contribution in [0.3, 0.4) is 0 Å². The number of imide groups is 1. The Balaban J connectivity index is 2.34. The van der Waals surface area contributed by atoms with Crippen molar-refractivity contribution < 1.29 is 9.59 Å². The van der Waals surface area contributed by atoms with Crippen LogP contribution in [0.1, 0.15) is 44.6 Å². The predicted molar refractivity (Wildman–Crippen MR) is 78.0 cm³/mol. The molecule has 1 saturated heterocycles. The van der Waals surface area contributed by atoms with Gasteiger partial charge >= 0.3 is 0 Å². The van der Waals surface area contributed by atoms with Gasteiger partial charge in [-0.25, -0.2) is 0 Å². The zero-order valence-corrected chi connectivity index (χ0v) is 12.1. The first-order chi connectivity index (χ1) is 9.59. The molecule has 2 N–H and O–H groups in total. The number of carbonyl (C=O) groups is 2. The Morgan fingerprint density at radius 2 is 1.80 bits per heavy atom. The lowest BCUT2D eigenvalue weighted by Gasteiger charge is -2.38. The molecule has 1 heterocycles. The molecule has 0 radical (unpaired) electrons. The maximum atomic E-state index is 12.7. The molecule has 0 bridgehead atoms. The lowest BCUT2D eigenvalue weighted by molar-refractivity contribution is -0.146. The Hall–Kier alpha value is -1.68. The van der Waals surface area contributed by atoms with Crippen molar-refractivity contribution >= 4 is 11.8 Å². The van der Waals surface area contributed by atoms with Gasteiger partial charge in [-0.15, -0.1) is 0 Å². The maximum Gasteiger partial charge on any atom is 0.237 e. The summed E-state index contributed by atoms with van der Waals surface area (Å²) in [7, 11) is 0. The summed E-state index contributed by atoms with van der Waals surface area (Å²) in [6.07, 6.45) is 1.64. The van der Waals surface area contributed by atoms with Gasteiger partial charge in [0.25, 0.3) is 0 Å². The van der Waals surface area contributed by atoms with Gasteiger partial charge < -0.3 is 5.73 Å². The zero-order chi connectivity index (χ0) is 14.8. The average Bonchev–Trinajstić information content (AvgIpc) is 2.79. The molecule has 0 aromatic heterocycles. The fourth-order valence-corrected chi connectivity index (χ4v) is 3.02. The third-order valence-corrected chi connectivity index (χ3v) is 4.52. The Morgan fingerprint density at radius 1 is 1.20 bits per heavy atom. The Labute approximate surface area is 119 Å². The van der Waals surface area contributed by atoms with E-state index in [-0.39, 0.29) is 24.2 Å². The van der Waals surface area contributed by atoms with E-state index < -0.39 is 5.54 Å². The van der Waals surface area contributed by atoms with Gasteiger partial charge in [-0.05, 0) is 18.4 Å². The van der Waals surface area contributed by atoms with Crippen LogP contribution < -0.4 is 5.73 Å². The molecule has 1 aliphatic rings. The van der Waals surface area contributed by atoms with Crippen LogP contribution in [0, 0.1) is 0 Å². The lowest BCUT2D eigenvalue weighted by atomic mass is 9.90. The monoisotopic (exact) mass is 274 g/mol. The minimum absolute atomic E-state index is 0.0991. The van der Waals surface area contributed by atoms with Crippen LogP contribution in [0.25, 0.3) is 0 Å². The molecule has 0 aliphatic carbocycles. The molecule has 4 heteroatoms. The molecule has 2 amide bonds. The van der Waals surface area contributed by atoms with Crippen molar-refractivity contribution in [3.63, 3.8) is 0 Å². The molecule has 1 unspecified atom stereocenters. The average molecular weight is 274 g/mol. The zero-order valence-electron chi connectivity index (χ0n) is 12.1. The second-order valence-electron chi connectivity index (χ2n) is 5.37. The minimum Gasteiger partial charge on any atom is -0.328 e. The van der Waals surface area contributed by atoms with E-state index >= 15 is 0 Å². The molecule has 1 atom stereocenters. The van der Waals surface area contributed by atoms with Crippen LogP contribution in [-0.2, 0) is 9.59 Å². The summed E-state index contributed by atoms with van der Waals surface area (Å²) in [5, 5.41) is 0. The molecular weight excluding hydrogens is 252 g/mol. The maximum absolute atomic E-state index is 12.7. The van der Waals surface area contributed by atoms with E-state index in [0.29, 0.717) is 19.4 Å². The first-order valence-corrected chi connectivity index (χ1v) is 7.21. The first-order valence-electron chi connectivity index (χ1n) is 7.21. The molecule has 1 aromatic rings. The van der Waals surface area contributed by atoms with Crippen LogP contribution in [-0.4, -0.2) is 28.8 Å². The highest BCUT2D eigenvalue weighted by molar-refractivity contribution is 6.07. The molecule has 0 saturated carbocycles. The summed E-state index contributed by atoms with van der Waals surface area (Å²) in [5.74, 6) is -0.555. The van der Waals surface area contributed by atoms with Gasteiger partial charge in [-0.1, -0.05) is 44.2 Å².